The van der Waals surface area contributed by atoms with Crippen LogP contribution < -0.4 is 5.73 Å². The molecule has 0 amide bonds. The Bertz CT molecular complexity index is 222. The van der Waals surface area contributed by atoms with E-state index in [4.69, 9.17) is 10.5 Å². The maximum atomic E-state index is 11.5. The summed E-state index contributed by atoms with van der Waals surface area (Å²) >= 11 is 0. The number of esters is 1. The summed E-state index contributed by atoms with van der Waals surface area (Å²) in [4.78, 5) is 11.5. The fourth-order valence-corrected chi connectivity index (χ4v) is 2.07. The SMILES string of the molecule is CC(C)CC(C)OC(=O)CC1(N)CCC1. The maximum absolute atomic E-state index is 11.5. The third kappa shape index (κ3) is 4.20. The van der Waals surface area contributed by atoms with Gasteiger partial charge in [0.05, 0.1) is 12.5 Å². The van der Waals surface area contributed by atoms with Crippen molar-refractivity contribution < 1.29 is 9.53 Å². The van der Waals surface area contributed by atoms with E-state index in [0.717, 1.165) is 25.7 Å². The number of carbonyl (C=O) groups is 1. The van der Waals surface area contributed by atoms with Gasteiger partial charge in [0.1, 0.15) is 0 Å². The topological polar surface area (TPSA) is 52.3 Å². The van der Waals surface area contributed by atoms with E-state index in [0.29, 0.717) is 12.3 Å². The second-order valence-corrected chi connectivity index (χ2v) is 5.32. The van der Waals surface area contributed by atoms with E-state index < -0.39 is 0 Å². The van der Waals surface area contributed by atoms with E-state index in [1.165, 1.54) is 0 Å². The summed E-state index contributed by atoms with van der Waals surface area (Å²) in [7, 11) is 0. The molecule has 0 spiro atoms. The molecule has 1 aliphatic carbocycles. The number of rotatable bonds is 5. The van der Waals surface area contributed by atoms with Crippen LogP contribution in [0.5, 0.6) is 0 Å². The van der Waals surface area contributed by atoms with Crippen molar-refractivity contribution >= 4 is 5.97 Å². The van der Waals surface area contributed by atoms with E-state index in [2.05, 4.69) is 13.8 Å². The average molecular weight is 213 g/mol. The van der Waals surface area contributed by atoms with Gasteiger partial charge in [0, 0.05) is 5.54 Å². The van der Waals surface area contributed by atoms with Crippen LogP contribution in [-0.2, 0) is 9.53 Å². The smallest absolute Gasteiger partial charge is 0.307 e. The highest BCUT2D eigenvalue weighted by Crippen LogP contribution is 2.32. The summed E-state index contributed by atoms with van der Waals surface area (Å²) in [6.45, 7) is 6.20. The molecule has 0 aromatic heterocycles. The lowest BCUT2D eigenvalue weighted by Crippen LogP contribution is -2.48. The van der Waals surface area contributed by atoms with Gasteiger partial charge in [-0.15, -0.1) is 0 Å². The highest BCUT2D eigenvalue weighted by atomic mass is 16.5. The molecule has 1 rings (SSSR count). The predicted molar refractivity (Wildman–Crippen MR) is 60.4 cm³/mol. The van der Waals surface area contributed by atoms with Crippen LogP contribution in [0.1, 0.15) is 52.9 Å². The molecule has 15 heavy (non-hydrogen) atoms. The Morgan fingerprint density at radius 3 is 2.40 bits per heavy atom. The predicted octanol–water partition coefficient (Wildman–Crippen LogP) is 2.24. The van der Waals surface area contributed by atoms with E-state index in [1.807, 2.05) is 6.92 Å². The lowest BCUT2D eigenvalue weighted by molar-refractivity contribution is -0.151. The highest BCUT2D eigenvalue weighted by molar-refractivity contribution is 5.71. The quantitative estimate of drug-likeness (QED) is 0.712. The second-order valence-electron chi connectivity index (χ2n) is 5.32. The van der Waals surface area contributed by atoms with Crippen molar-refractivity contribution in [2.75, 3.05) is 0 Å². The Hall–Kier alpha value is -0.570. The largest absolute Gasteiger partial charge is 0.463 e. The molecule has 1 saturated carbocycles. The molecule has 1 aliphatic rings. The summed E-state index contributed by atoms with van der Waals surface area (Å²) in [5, 5.41) is 0. The van der Waals surface area contributed by atoms with Gasteiger partial charge >= 0.3 is 5.97 Å². The molecule has 0 aliphatic heterocycles. The zero-order valence-corrected chi connectivity index (χ0v) is 10.1. The Balaban J connectivity index is 2.23. The van der Waals surface area contributed by atoms with Gasteiger partial charge < -0.3 is 10.5 Å². The van der Waals surface area contributed by atoms with Crippen molar-refractivity contribution in [1.29, 1.82) is 0 Å². The van der Waals surface area contributed by atoms with Crippen LogP contribution in [0.3, 0.4) is 0 Å². The Morgan fingerprint density at radius 2 is 2.00 bits per heavy atom. The first kappa shape index (κ1) is 12.5. The van der Waals surface area contributed by atoms with E-state index >= 15 is 0 Å². The van der Waals surface area contributed by atoms with Gasteiger partial charge in [0.2, 0.25) is 0 Å². The maximum Gasteiger partial charge on any atom is 0.307 e. The van der Waals surface area contributed by atoms with Gasteiger partial charge in [0.25, 0.3) is 0 Å². The van der Waals surface area contributed by atoms with E-state index in [-0.39, 0.29) is 17.6 Å². The molecule has 3 heteroatoms. The number of ether oxygens (including phenoxy) is 1. The zero-order valence-electron chi connectivity index (χ0n) is 10.1. The van der Waals surface area contributed by atoms with Crippen LogP contribution in [0.15, 0.2) is 0 Å². The monoisotopic (exact) mass is 213 g/mol. The van der Waals surface area contributed by atoms with Gasteiger partial charge in [-0.3, -0.25) is 4.79 Å². The fraction of sp³-hybridized carbons (Fsp3) is 0.917. The lowest BCUT2D eigenvalue weighted by atomic mass is 9.75. The normalized spacial score (nSPS) is 20.9. The molecule has 88 valence electrons. The molecular formula is C12H23NO2. The van der Waals surface area contributed by atoms with Crippen LogP contribution in [0.2, 0.25) is 0 Å². The van der Waals surface area contributed by atoms with Crippen molar-refractivity contribution in [3.8, 4) is 0 Å². The minimum absolute atomic E-state index is 0.0150. The van der Waals surface area contributed by atoms with Crippen LogP contribution in [-0.4, -0.2) is 17.6 Å². The molecule has 0 aromatic rings. The second kappa shape index (κ2) is 4.97. The molecule has 1 fully saturated rings. The third-order valence-corrected chi connectivity index (χ3v) is 2.98. The molecule has 2 N–H and O–H groups in total. The Labute approximate surface area is 92.4 Å². The highest BCUT2D eigenvalue weighted by Gasteiger charge is 2.35. The fourth-order valence-electron chi connectivity index (χ4n) is 2.07. The van der Waals surface area contributed by atoms with Gasteiger partial charge in [-0.1, -0.05) is 13.8 Å². The van der Waals surface area contributed by atoms with E-state index in [1.54, 1.807) is 0 Å². The lowest BCUT2D eigenvalue weighted by Gasteiger charge is -2.37. The Morgan fingerprint density at radius 1 is 1.40 bits per heavy atom. The van der Waals surface area contributed by atoms with Gasteiger partial charge in [-0.2, -0.15) is 0 Å². The first-order valence-electron chi connectivity index (χ1n) is 5.90. The summed E-state index contributed by atoms with van der Waals surface area (Å²) in [6, 6.07) is 0. The standard InChI is InChI=1S/C12H23NO2/c1-9(2)7-10(3)15-11(14)8-12(13)5-4-6-12/h9-10H,4-8,13H2,1-3H3. The van der Waals surface area contributed by atoms with Crippen LogP contribution in [0.25, 0.3) is 0 Å². The van der Waals surface area contributed by atoms with Gasteiger partial charge in [-0.25, -0.2) is 0 Å². The minimum Gasteiger partial charge on any atom is -0.463 e. The van der Waals surface area contributed by atoms with Crippen LogP contribution in [0, 0.1) is 5.92 Å². The van der Waals surface area contributed by atoms with Gasteiger partial charge in [-0.05, 0) is 38.5 Å². The molecule has 0 bridgehead atoms. The van der Waals surface area contributed by atoms with Crippen molar-refractivity contribution in [2.45, 2.75) is 64.5 Å². The molecule has 1 unspecified atom stereocenters. The van der Waals surface area contributed by atoms with Crippen molar-refractivity contribution in [2.24, 2.45) is 11.7 Å². The summed E-state index contributed by atoms with van der Waals surface area (Å²) in [5.74, 6) is 0.425. The molecule has 1 atom stereocenters. The average Bonchev–Trinajstić information content (AvgIpc) is 1.98. The summed E-state index contributed by atoms with van der Waals surface area (Å²) in [6.07, 6.45) is 4.38. The van der Waals surface area contributed by atoms with Crippen molar-refractivity contribution in [1.82, 2.24) is 0 Å². The summed E-state index contributed by atoms with van der Waals surface area (Å²) < 4.78 is 5.31. The molecular weight excluding hydrogens is 190 g/mol. The molecule has 0 radical (unpaired) electrons. The zero-order chi connectivity index (χ0) is 11.5. The first-order valence-corrected chi connectivity index (χ1v) is 5.90. The third-order valence-electron chi connectivity index (χ3n) is 2.98. The number of hydrogen-bond acceptors (Lipinski definition) is 3. The number of nitrogens with two attached hydrogens (primary N) is 1. The van der Waals surface area contributed by atoms with E-state index in [9.17, 15) is 4.79 Å². The minimum atomic E-state index is -0.255. The molecule has 0 saturated heterocycles. The first-order chi connectivity index (χ1) is 6.91. The van der Waals surface area contributed by atoms with Crippen molar-refractivity contribution in [3.05, 3.63) is 0 Å². The summed E-state index contributed by atoms with van der Waals surface area (Å²) in [5.41, 5.74) is 5.72. The number of carbonyl (C=O) groups excluding carboxylic acids is 1. The molecule has 3 nitrogen and oxygen atoms in total. The van der Waals surface area contributed by atoms with Gasteiger partial charge in [0.15, 0.2) is 0 Å². The van der Waals surface area contributed by atoms with Crippen molar-refractivity contribution in [3.63, 3.8) is 0 Å². The number of hydrogen-bond donors (Lipinski definition) is 1. The molecule has 0 heterocycles. The van der Waals surface area contributed by atoms with Crippen LogP contribution >= 0.6 is 0 Å². The Kier molecular flexibility index (Phi) is 4.14. The van der Waals surface area contributed by atoms with Crippen LogP contribution in [0.4, 0.5) is 0 Å². The molecule has 0 aromatic carbocycles.